The molecule has 0 atom stereocenters. The molecule has 0 aliphatic carbocycles. The molecular weight excluding hydrogens is 378 g/mol. The predicted molar refractivity (Wildman–Crippen MR) is 105 cm³/mol. The van der Waals surface area contributed by atoms with Crippen molar-refractivity contribution in [3.8, 4) is 0 Å². The van der Waals surface area contributed by atoms with E-state index in [9.17, 15) is 19.7 Å². The highest BCUT2D eigenvalue weighted by Gasteiger charge is 2.21. The molecule has 1 fully saturated rings. The fourth-order valence-corrected chi connectivity index (χ4v) is 2.87. The van der Waals surface area contributed by atoms with Crippen LogP contribution in [0.25, 0.3) is 0 Å². The second-order valence-electron chi connectivity index (χ2n) is 6.40. The highest BCUT2D eigenvalue weighted by molar-refractivity contribution is 5.93. The van der Waals surface area contributed by atoms with Crippen molar-refractivity contribution in [2.75, 3.05) is 38.2 Å². The van der Waals surface area contributed by atoms with Gasteiger partial charge in [-0.1, -0.05) is 30.3 Å². The second kappa shape index (κ2) is 9.65. The van der Waals surface area contributed by atoms with Crippen molar-refractivity contribution in [2.24, 2.45) is 0 Å². The van der Waals surface area contributed by atoms with E-state index in [2.05, 4.69) is 5.32 Å². The van der Waals surface area contributed by atoms with Gasteiger partial charge in [-0.2, -0.15) is 0 Å². The van der Waals surface area contributed by atoms with Crippen LogP contribution in [0.1, 0.15) is 15.9 Å². The third-order valence-corrected chi connectivity index (χ3v) is 4.45. The Kier molecular flexibility index (Phi) is 6.75. The molecule has 0 bridgehead atoms. The first-order valence-electron chi connectivity index (χ1n) is 9.13. The van der Waals surface area contributed by atoms with E-state index in [0.717, 1.165) is 11.6 Å². The Balaban J connectivity index is 1.63. The van der Waals surface area contributed by atoms with Gasteiger partial charge >= 0.3 is 5.97 Å². The Morgan fingerprint density at radius 2 is 1.86 bits per heavy atom. The minimum absolute atomic E-state index is 0.0109. The Labute approximate surface area is 167 Å². The lowest BCUT2D eigenvalue weighted by molar-refractivity contribution is -0.384. The number of nitro benzene ring substituents is 1. The number of rotatable bonds is 7. The van der Waals surface area contributed by atoms with Crippen LogP contribution >= 0.6 is 0 Å². The van der Waals surface area contributed by atoms with Gasteiger partial charge in [0.2, 0.25) is 0 Å². The largest absolute Gasteiger partial charge is 0.452 e. The lowest BCUT2D eigenvalue weighted by Gasteiger charge is -2.26. The molecule has 0 spiro atoms. The predicted octanol–water partition coefficient (Wildman–Crippen LogP) is 2.22. The van der Waals surface area contributed by atoms with Gasteiger partial charge in [-0.3, -0.25) is 14.9 Å². The van der Waals surface area contributed by atoms with Gasteiger partial charge in [0.1, 0.15) is 5.69 Å². The van der Waals surface area contributed by atoms with E-state index in [4.69, 9.17) is 9.47 Å². The molecule has 2 aromatic rings. The zero-order valence-corrected chi connectivity index (χ0v) is 15.7. The van der Waals surface area contributed by atoms with Gasteiger partial charge in [0.05, 0.1) is 23.7 Å². The number of esters is 1. The Bertz CT molecular complexity index is 881. The zero-order valence-electron chi connectivity index (χ0n) is 15.7. The van der Waals surface area contributed by atoms with Gasteiger partial charge in [-0.05, 0) is 17.7 Å². The van der Waals surface area contributed by atoms with Crippen molar-refractivity contribution in [2.45, 2.75) is 6.54 Å². The summed E-state index contributed by atoms with van der Waals surface area (Å²) in [6.45, 7) is 1.78. The number of nitro groups is 1. The van der Waals surface area contributed by atoms with E-state index in [1.807, 2.05) is 30.3 Å². The number of nitrogens with zero attached hydrogens (tertiary/aromatic N) is 2. The van der Waals surface area contributed by atoms with Gasteiger partial charge in [0.25, 0.3) is 11.6 Å². The number of nitrogens with one attached hydrogen (secondary N) is 1. The van der Waals surface area contributed by atoms with Crippen LogP contribution in [0.3, 0.4) is 0 Å². The average molecular weight is 399 g/mol. The molecule has 1 heterocycles. The minimum Gasteiger partial charge on any atom is -0.452 e. The number of carbonyl (C=O) groups excluding carboxylic acids is 2. The SMILES string of the molecule is O=C(OCC(=O)N1CCOCC1)c1ccc(NCc2ccccc2)c([N+](=O)[O-])c1. The monoisotopic (exact) mass is 399 g/mol. The van der Waals surface area contributed by atoms with Crippen LogP contribution < -0.4 is 5.32 Å². The molecule has 9 nitrogen and oxygen atoms in total. The normalized spacial score (nSPS) is 13.6. The highest BCUT2D eigenvalue weighted by Crippen LogP contribution is 2.26. The smallest absolute Gasteiger partial charge is 0.338 e. The Hall–Kier alpha value is -3.46. The third-order valence-electron chi connectivity index (χ3n) is 4.45. The number of carbonyl (C=O) groups is 2. The van der Waals surface area contributed by atoms with Gasteiger partial charge < -0.3 is 19.7 Å². The maximum atomic E-state index is 12.2. The summed E-state index contributed by atoms with van der Waals surface area (Å²) in [7, 11) is 0. The number of morpholine rings is 1. The van der Waals surface area contributed by atoms with E-state index in [-0.39, 0.29) is 17.2 Å². The molecule has 1 N–H and O–H groups in total. The molecule has 1 amide bonds. The van der Waals surface area contributed by atoms with E-state index >= 15 is 0 Å². The summed E-state index contributed by atoms with van der Waals surface area (Å²) in [4.78, 5) is 36.7. The fourth-order valence-electron chi connectivity index (χ4n) is 2.87. The van der Waals surface area contributed by atoms with Crippen molar-refractivity contribution in [3.05, 3.63) is 69.8 Å². The van der Waals surface area contributed by atoms with Gasteiger partial charge in [-0.25, -0.2) is 4.79 Å². The quantitative estimate of drug-likeness (QED) is 0.432. The molecule has 0 aromatic heterocycles. The van der Waals surface area contributed by atoms with Gasteiger partial charge in [0, 0.05) is 25.7 Å². The van der Waals surface area contributed by atoms with Crippen LogP contribution in [0.4, 0.5) is 11.4 Å². The van der Waals surface area contributed by atoms with Crippen LogP contribution in [0.2, 0.25) is 0 Å². The fraction of sp³-hybridized carbons (Fsp3) is 0.300. The molecule has 9 heteroatoms. The molecule has 1 aliphatic heterocycles. The van der Waals surface area contributed by atoms with Crippen molar-refractivity contribution in [3.63, 3.8) is 0 Å². The molecule has 2 aromatic carbocycles. The minimum atomic E-state index is -0.788. The molecule has 3 rings (SSSR count). The van der Waals surface area contributed by atoms with Crippen molar-refractivity contribution in [1.29, 1.82) is 0 Å². The first-order chi connectivity index (χ1) is 14.0. The van der Waals surface area contributed by atoms with Gasteiger partial charge in [-0.15, -0.1) is 0 Å². The summed E-state index contributed by atoms with van der Waals surface area (Å²) >= 11 is 0. The zero-order chi connectivity index (χ0) is 20.6. The van der Waals surface area contributed by atoms with Crippen molar-refractivity contribution < 1.29 is 24.0 Å². The molecule has 152 valence electrons. The van der Waals surface area contributed by atoms with Crippen molar-refractivity contribution in [1.82, 2.24) is 4.90 Å². The maximum Gasteiger partial charge on any atom is 0.338 e. The van der Waals surface area contributed by atoms with Crippen LogP contribution in [0.15, 0.2) is 48.5 Å². The van der Waals surface area contributed by atoms with E-state index < -0.39 is 17.5 Å². The van der Waals surface area contributed by atoms with Crippen molar-refractivity contribution >= 4 is 23.3 Å². The number of amides is 1. The number of hydrogen-bond acceptors (Lipinski definition) is 7. The number of hydrogen-bond donors (Lipinski definition) is 1. The molecular formula is C20H21N3O6. The summed E-state index contributed by atoms with van der Waals surface area (Å²) in [6, 6.07) is 13.5. The molecule has 0 radical (unpaired) electrons. The lowest BCUT2D eigenvalue weighted by Crippen LogP contribution is -2.42. The Morgan fingerprint density at radius 1 is 1.14 bits per heavy atom. The summed E-state index contributed by atoms with van der Waals surface area (Å²) in [6.07, 6.45) is 0. The first-order valence-corrected chi connectivity index (χ1v) is 9.13. The Morgan fingerprint density at radius 3 is 2.55 bits per heavy atom. The summed E-state index contributed by atoms with van der Waals surface area (Å²) < 4.78 is 10.2. The lowest BCUT2D eigenvalue weighted by atomic mass is 10.1. The average Bonchev–Trinajstić information content (AvgIpc) is 2.77. The maximum absolute atomic E-state index is 12.2. The van der Waals surface area contributed by atoms with Crippen LogP contribution in [0, 0.1) is 10.1 Å². The molecule has 29 heavy (non-hydrogen) atoms. The molecule has 0 saturated carbocycles. The summed E-state index contributed by atoms with van der Waals surface area (Å²) in [5.74, 6) is -1.11. The van der Waals surface area contributed by atoms with Crippen LogP contribution in [-0.2, 0) is 20.8 Å². The van der Waals surface area contributed by atoms with Crippen LogP contribution in [-0.4, -0.2) is 54.6 Å². The summed E-state index contributed by atoms with van der Waals surface area (Å²) in [5, 5.41) is 14.4. The molecule has 1 saturated heterocycles. The third kappa shape index (κ3) is 5.52. The number of anilines is 1. The van der Waals surface area contributed by atoms with Gasteiger partial charge in [0.15, 0.2) is 6.61 Å². The van der Waals surface area contributed by atoms with Crippen LogP contribution in [0.5, 0.6) is 0 Å². The second-order valence-corrected chi connectivity index (χ2v) is 6.40. The topological polar surface area (TPSA) is 111 Å². The standard InChI is InChI=1S/C20H21N3O6/c24-19(22-8-10-28-11-9-22)14-29-20(25)16-6-7-17(18(12-16)23(26)27)21-13-15-4-2-1-3-5-15/h1-7,12,21H,8-11,13-14H2. The number of benzene rings is 2. The molecule has 0 unspecified atom stereocenters. The summed E-state index contributed by atoms with van der Waals surface area (Å²) in [5.41, 5.74) is 1.03. The highest BCUT2D eigenvalue weighted by atomic mass is 16.6. The van der Waals surface area contributed by atoms with E-state index in [0.29, 0.717) is 38.5 Å². The van der Waals surface area contributed by atoms with E-state index in [1.54, 1.807) is 4.90 Å². The number of ether oxygens (including phenoxy) is 2. The van der Waals surface area contributed by atoms with E-state index in [1.165, 1.54) is 12.1 Å². The molecule has 1 aliphatic rings. The first kappa shape index (κ1) is 20.3.